The van der Waals surface area contributed by atoms with Crippen LogP contribution >= 0.6 is 0 Å². The lowest BCUT2D eigenvalue weighted by Crippen LogP contribution is -2.60. The fourth-order valence-electron chi connectivity index (χ4n) is 6.38. The summed E-state index contributed by atoms with van der Waals surface area (Å²) in [6.45, 7) is 11.0. The van der Waals surface area contributed by atoms with E-state index in [-0.39, 0.29) is 60.1 Å². The van der Waals surface area contributed by atoms with Crippen LogP contribution in [0.2, 0.25) is 0 Å². The molecule has 2 aromatic heterocycles. The van der Waals surface area contributed by atoms with Crippen LogP contribution in [0.15, 0.2) is 41.8 Å². The normalized spacial score (nSPS) is 17.7. The number of amides is 1. The number of carbonyl (C=O) groups is 1. The Kier molecular flexibility index (Phi) is 7.29. The number of benzene rings is 2. The minimum absolute atomic E-state index is 0.00999. The Labute approximate surface area is 255 Å². The third-order valence-corrected chi connectivity index (χ3v) is 8.53. The van der Waals surface area contributed by atoms with Gasteiger partial charge in [-0.25, -0.2) is 22.4 Å². The molecule has 1 saturated heterocycles. The first-order valence-electron chi connectivity index (χ1n) is 14.4. The van der Waals surface area contributed by atoms with E-state index in [0.29, 0.717) is 17.3 Å². The Morgan fingerprint density at radius 1 is 1.11 bits per heavy atom. The van der Waals surface area contributed by atoms with Gasteiger partial charge in [0.05, 0.1) is 39.6 Å². The van der Waals surface area contributed by atoms with Gasteiger partial charge in [-0.3, -0.25) is 14.3 Å². The average Bonchev–Trinajstić information content (AvgIpc) is 3.15. The predicted molar refractivity (Wildman–Crippen MR) is 162 cm³/mol. The zero-order valence-corrected chi connectivity index (χ0v) is 25.0. The summed E-state index contributed by atoms with van der Waals surface area (Å²) in [5, 5.41) is 13.4. The van der Waals surface area contributed by atoms with E-state index >= 15 is 13.2 Å². The summed E-state index contributed by atoms with van der Waals surface area (Å²) in [7, 11) is 0. The molecule has 2 N–H and O–H groups in total. The van der Waals surface area contributed by atoms with Crippen LogP contribution in [-0.2, 0) is 4.79 Å². The smallest absolute Gasteiger partial charge is 0.354 e. The Bertz CT molecular complexity index is 1980. The van der Waals surface area contributed by atoms with Crippen molar-refractivity contribution in [3.05, 3.63) is 82.1 Å². The molecule has 2 atom stereocenters. The van der Waals surface area contributed by atoms with E-state index in [0.717, 1.165) is 10.6 Å². The van der Waals surface area contributed by atoms with E-state index < -0.39 is 57.4 Å². The zero-order valence-electron chi connectivity index (χ0n) is 25.0. The minimum Gasteiger partial charge on any atom is -0.507 e. The third-order valence-electron chi connectivity index (χ3n) is 8.53. The molecule has 0 radical (unpaired) electrons. The van der Waals surface area contributed by atoms with Crippen molar-refractivity contribution in [1.82, 2.24) is 19.4 Å². The number of pyridine rings is 1. The number of piperazine rings is 1. The van der Waals surface area contributed by atoms with Crippen molar-refractivity contribution < 1.29 is 27.5 Å². The van der Waals surface area contributed by atoms with Crippen molar-refractivity contribution in [3.8, 4) is 22.6 Å². The van der Waals surface area contributed by atoms with Crippen LogP contribution in [0.1, 0.15) is 37.9 Å². The minimum atomic E-state index is -1.67. The monoisotopic (exact) mass is 622 g/mol. The van der Waals surface area contributed by atoms with Gasteiger partial charge in [0.2, 0.25) is 5.91 Å². The van der Waals surface area contributed by atoms with Crippen LogP contribution in [-0.4, -0.2) is 62.2 Å². The summed E-state index contributed by atoms with van der Waals surface area (Å²) in [5.41, 5.74) is -2.63. The highest BCUT2D eigenvalue weighted by molar-refractivity contribution is 6.05. The van der Waals surface area contributed by atoms with Gasteiger partial charge >= 0.3 is 5.69 Å². The van der Waals surface area contributed by atoms with Gasteiger partial charge in [-0.1, -0.05) is 20.4 Å². The maximum atomic E-state index is 17.1. The highest BCUT2D eigenvalue weighted by Gasteiger charge is 2.40. The first-order chi connectivity index (χ1) is 21.4. The number of carbonyl (C=O) groups excluding carboxylic acids is 1. The summed E-state index contributed by atoms with van der Waals surface area (Å²) < 4.78 is 64.4. The topological polar surface area (TPSA) is 104 Å². The summed E-state index contributed by atoms with van der Waals surface area (Å²) in [4.78, 5) is 38.8. The number of rotatable bonds is 4. The molecule has 6 rings (SSSR count). The molecule has 2 aliphatic heterocycles. The molecule has 9 nitrogen and oxygen atoms in total. The van der Waals surface area contributed by atoms with Crippen LogP contribution in [0.3, 0.4) is 0 Å². The lowest BCUT2D eigenvalue weighted by atomic mass is 9.97. The number of halogens is 4. The molecule has 0 aliphatic carbocycles. The van der Waals surface area contributed by atoms with E-state index in [4.69, 9.17) is 0 Å². The average molecular weight is 623 g/mol. The number of aryl methyl sites for hydroxylation is 1. The van der Waals surface area contributed by atoms with E-state index in [2.05, 4.69) is 21.9 Å². The van der Waals surface area contributed by atoms with Gasteiger partial charge in [0.15, 0.2) is 23.3 Å². The predicted octanol–water partition coefficient (Wildman–Crippen LogP) is 5.16. The van der Waals surface area contributed by atoms with Crippen molar-refractivity contribution in [2.75, 3.05) is 29.9 Å². The highest BCUT2D eigenvalue weighted by atomic mass is 19.2. The molecule has 0 bridgehead atoms. The second-order valence-electron chi connectivity index (χ2n) is 11.7. The number of aromatic hydroxyl groups is 1. The summed E-state index contributed by atoms with van der Waals surface area (Å²) >= 11 is 0. The SMILES string of the molecule is C=CC(=O)N1CC2CNc3c(F)c(-c4c(O)ccc(F)c4F)c(F)c4c3c(nc(=O)n4-c3c(C)ccnc3C(C)C)N2CC1C. The third kappa shape index (κ3) is 4.51. The fourth-order valence-corrected chi connectivity index (χ4v) is 6.38. The van der Waals surface area contributed by atoms with Crippen molar-refractivity contribution in [1.29, 1.82) is 0 Å². The Morgan fingerprint density at radius 3 is 2.53 bits per heavy atom. The van der Waals surface area contributed by atoms with Crippen LogP contribution in [0.5, 0.6) is 5.75 Å². The van der Waals surface area contributed by atoms with E-state index in [1.165, 1.54) is 6.08 Å². The van der Waals surface area contributed by atoms with Gasteiger partial charge < -0.3 is 20.2 Å². The molecule has 1 amide bonds. The Balaban J connectivity index is 1.78. The number of fused-ring (bicyclic) bond motifs is 2. The molecule has 4 aromatic rings. The number of hydrogen-bond donors (Lipinski definition) is 2. The van der Waals surface area contributed by atoms with Crippen LogP contribution in [0.25, 0.3) is 27.7 Å². The van der Waals surface area contributed by atoms with Crippen LogP contribution in [0.4, 0.5) is 29.1 Å². The summed E-state index contributed by atoms with van der Waals surface area (Å²) in [6, 6.07) is 2.13. The zero-order chi connectivity index (χ0) is 32.5. The number of phenols is 1. The van der Waals surface area contributed by atoms with Gasteiger partial charge in [-0.15, -0.1) is 0 Å². The number of nitrogens with zero attached hydrogens (tertiary/aromatic N) is 5. The van der Waals surface area contributed by atoms with E-state index in [9.17, 15) is 19.1 Å². The van der Waals surface area contributed by atoms with Crippen molar-refractivity contribution in [2.24, 2.45) is 0 Å². The molecule has 0 spiro atoms. The fraction of sp³-hybridized carbons (Fsp3) is 0.312. The first kappa shape index (κ1) is 30.1. The van der Waals surface area contributed by atoms with Crippen molar-refractivity contribution in [2.45, 2.75) is 45.7 Å². The summed E-state index contributed by atoms with van der Waals surface area (Å²) in [6.07, 6.45) is 2.73. The molecule has 45 heavy (non-hydrogen) atoms. The van der Waals surface area contributed by atoms with Gasteiger partial charge in [0.25, 0.3) is 0 Å². The molecule has 2 aliphatic rings. The number of aromatic nitrogens is 3. The quantitative estimate of drug-likeness (QED) is 0.240. The lowest BCUT2D eigenvalue weighted by Gasteiger charge is -2.45. The number of nitrogens with one attached hydrogen (secondary N) is 1. The van der Waals surface area contributed by atoms with Crippen molar-refractivity contribution >= 4 is 28.3 Å². The highest BCUT2D eigenvalue weighted by Crippen LogP contribution is 2.46. The van der Waals surface area contributed by atoms with Gasteiger partial charge in [-0.2, -0.15) is 4.98 Å². The van der Waals surface area contributed by atoms with E-state index in [1.54, 1.807) is 35.9 Å². The van der Waals surface area contributed by atoms with Crippen molar-refractivity contribution in [3.63, 3.8) is 0 Å². The molecule has 13 heteroatoms. The number of phenolic OH excluding ortho intramolecular Hbond substituents is 1. The summed E-state index contributed by atoms with van der Waals surface area (Å²) in [5.74, 6) is -7.32. The molecule has 4 heterocycles. The molecule has 234 valence electrons. The standard InChI is InChI=1S/C32H30F4N6O3/c1-6-20(44)40-13-17-11-38-28-23-30(26(36)22(25(28)35)21-19(43)8-7-18(33)24(21)34)42(29-15(4)9-10-37-27(29)14(2)3)32(45)39-31(23)41(17)12-16(40)5/h6-10,14,16-17,38,43H,1,11-13H2,2-5H3. The first-order valence-corrected chi connectivity index (χ1v) is 14.4. The number of anilines is 2. The molecule has 2 aromatic carbocycles. The molecule has 2 unspecified atom stereocenters. The van der Waals surface area contributed by atoms with E-state index in [1.807, 2.05) is 13.8 Å². The second-order valence-corrected chi connectivity index (χ2v) is 11.7. The molecular formula is C32H30F4N6O3. The second kappa shape index (κ2) is 10.9. The maximum Gasteiger partial charge on any atom is 0.354 e. The van der Waals surface area contributed by atoms with Crippen LogP contribution < -0.4 is 15.9 Å². The molecular weight excluding hydrogens is 592 g/mol. The van der Waals surface area contributed by atoms with Gasteiger partial charge in [0, 0.05) is 31.9 Å². The Hall–Kier alpha value is -4.94. The number of hydrogen-bond acceptors (Lipinski definition) is 7. The largest absolute Gasteiger partial charge is 0.507 e. The molecule has 1 fully saturated rings. The van der Waals surface area contributed by atoms with Crippen LogP contribution in [0, 0.1) is 30.2 Å². The van der Waals surface area contributed by atoms with Gasteiger partial charge in [0.1, 0.15) is 17.1 Å². The molecule has 0 saturated carbocycles. The lowest BCUT2D eigenvalue weighted by molar-refractivity contribution is -0.128. The van der Waals surface area contributed by atoms with Gasteiger partial charge in [-0.05, 0) is 49.6 Å². The Morgan fingerprint density at radius 2 is 1.84 bits per heavy atom. The maximum absolute atomic E-state index is 17.1.